The highest BCUT2D eigenvalue weighted by Crippen LogP contribution is 2.18. The van der Waals surface area contributed by atoms with Crippen LogP contribution in [-0.4, -0.2) is 64.0 Å². The third kappa shape index (κ3) is 4.79. The Morgan fingerprint density at radius 3 is 2.33 bits per heavy atom. The minimum Gasteiger partial charge on any atom is -0.304 e. The number of nitrogens with one attached hydrogen (secondary N) is 1. The van der Waals surface area contributed by atoms with E-state index in [1.807, 2.05) is 26.0 Å². The lowest BCUT2D eigenvalue weighted by atomic mass is 10.0. The maximum atomic E-state index is 12.7. The van der Waals surface area contributed by atoms with Crippen LogP contribution >= 0.6 is 0 Å². The Morgan fingerprint density at radius 2 is 1.75 bits per heavy atom. The van der Waals surface area contributed by atoms with E-state index in [2.05, 4.69) is 35.4 Å². The van der Waals surface area contributed by atoms with E-state index in [4.69, 9.17) is 0 Å². The molecule has 1 N–H and O–H groups in total. The molecule has 24 heavy (non-hydrogen) atoms. The second-order valence-corrected chi connectivity index (χ2v) is 9.01. The van der Waals surface area contributed by atoms with Crippen molar-refractivity contribution < 1.29 is 8.42 Å². The summed E-state index contributed by atoms with van der Waals surface area (Å²) in [4.78, 5) is 5.12. The summed E-state index contributed by atoms with van der Waals surface area (Å²) in [6, 6.07) is 5.77. The lowest BCUT2D eigenvalue weighted by Crippen LogP contribution is -2.54. The summed E-state index contributed by atoms with van der Waals surface area (Å²) in [6.07, 6.45) is 0. The van der Waals surface area contributed by atoms with Gasteiger partial charge in [-0.15, -0.1) is 0 Å². The summed E-state index contributed by atoms with van der Waals surface area (Å²) in [5.74, 6) is 0.398. The highest BCUT2D eigenvalue weighted by atomic mass is 32.2. The van der Waals surface area contributed by atoms with Crippen LogP contribution in [0.15, 0.2) is 23.1 Å². The Bertz CT molecular complexity index is 650. The second kappa shape index (κ2) is 7.95. The first-order chi connectivity index (χ1) is 11.2. The fourth-order valence-corrected chi connectivity index (χ4v) is 4.59. The van der Waals surface area contributed by atoms with Crippen LogP contribution in [0.1, 0.15) is 25.0 Å². The molecule has 1 aromatic rings. The van der Waals surface area contributed by atoms with Gasteiger partial charge >= 0.3 is 0 Å². The number of piperazine rings is 1. The van der Waals surface area contributed by atoms with Gasteiger partial charge in [0.05, 0.1) is 4.90 Å². The number of likely N-dealkylation sites (N-methyl/N-ethyl adjacent to an activating group) is 1. The van der Waals surface area contributed by atoms with E-state index in [1.54, 1.807) is 6.07 Å². The van der Waals surface area contributed by atoms with E-state index >= 15 is 0 Å². The van der Waals surface area contributed by atoms with Crippen molar-refractivity contribution in [3.63, 3.8) is 0 Å². The lowest BCUT2D eigenvalue weighted by molar-refractivity contribution is 0.0905. The van der Waals surface area contributed by atoms with Crippen LogP contribution in [0.5, 0.6) is 0 Å². The largest absolute Gasteiger partial charge is 0.304 e. The van der Waals surface area contributed by atoms with Gasteiger partial charge < -0.3 is 4.90 Å². The van der Waals surface area contributed by atoms with Crippen molar-refractivity contribution in [2.24, 2.45) is 5.92 Å². The molecule has 0 saturated carbocycles. The van der Waals surface area contributed by atoms with Gasteiger partial charge in [0.1, 0.15) is 0 Å². The number of benzene rings is 1. The zero-order valence-corrected chi connectivity index (χ0v) is 16.4. The molecular weight excluding hydrogens is 322 g/mol. The minimum absolute atomic E-state index is 0.221. The zero-order valence-electron chi connectivity index (χ0n) is 15.5. The molecule has 5 nitrogen and oxygen atoms in total. The van der Waals surface area contributed by atoms with Gasteiger partial charge in [-0.3, -0.25) is 4.90 Å². The summed E-state index contributed by atoms with van der Waals surface area (Å²) in [7, 11) is -1.35. The van der Waals surface area contributed by atoms with Crippen molar-refractivity contribution in [1.82, 2.24) is 14.5 Å². The highest BCUT2D eigenvalue weighted by molar-refractivity contribution is 7.89. The monoisotopic (exact) mass is 353 g/mol. The first-order valence-corrected chi connectivity index (χ1v) is 10.2. The second-order valence-electron chi connectivity index (χ2n) is 7.27. The van der Waals surface area contributed by atoms with Crippen molar-refractivity contribution in [3.05, 3.63) is 29.3 Å². The molecule has 0 bridgehead atoms. The van der Waals surface area contributed by atoms with Gasteiger partial charge in [-0.1, -0.05) is 26.0 Å². The van der Waals surface area contributed by atoms with E-state index in [0.717, 1.165) is 37.3 Å². The van der Waals surface area contributed by atoms with Crippen LogP contribution in [0.2, 0.25) is 0 Å². The molecule has 6 heteroatoms. The third-order valence-corrected chi connectivity index (χ3v) is 6.46. The van der Waals surface area contributed by atoms with Crippen LogP contribution < -0.4 is 4.72 Å². The molecule has 0 aliphatic carbocycles. The predicted molar refractivity (Wildman–Crippen MR) is 98.8 cm³/mol. The van der Waals surface area contributed by atoms with E-state index in [0.29, 0.717) is 17.4 Å². The van der Waals surface area contributed by atoms with Gasteiger partial charge in [0, 0.05) is 38.8 Å². The topological polar surface area (TPSA) is 52.7 Å². The fraction of sp³-hybridized carbons (Fsp3) is 0.667. The molecule has 1 heterocycles. The molecule has 0 amide bonds. The molecule has 1 aliphatic rings. The first kappa shape index (κ1) is 19.4. The average molecular weight is 354 g/mol. The summed E-state index contributed by atoms with van der Waals surface area (Å²) >= 11 is 0. The number of nitrogens with zero attached hydrogens (tertiary/aromatic N) is 2. The highest BCUT2D eigenvalue weighted by Gasteiger charge is 2.27. The molecule has 1 fully saturated rings. The summed E-state index contributed by atoms with van der Waals surface area (Å²) in [5.41, 5.74) is 1.74. The smallest absolute Gasteiger partial charge is 0.240 e. The van der Waals surface area contributed by atoms with E-state index in [-0.39, 0.29) is 6.04 Å². The van der Waals surface area contributed by atoms with E-state index in [1.165, 1.54) is 0 Å². The first-order valence-electron chi connectivity index (χ1n) is 8.70. The molecule has 2 rings (SSSR count). The van der Waals surface area contributed by atoms with Gasteiger partial charge in [0.15, 0.2) is 0 Å². The fourth-order valence-electron chi connectivity index (χ4n) is 3.21. The number of hydrogen-bond acceptors (Lipinski definition) is 4. The molecule has 1 aromatic carbocycles. The Balaban J connectivity index is 2.09. The van der Waals surface area contributed by atoms with Gasteiger partial charge in [0.2, 0.25) is 10.0 Å². The van der Waals surface area contributed by atoms with Crippen molar-refractivity contribution >= 4 is 10.0 Å². The predicted octanol–water partition coefficient (Wildman–Crippen LogP) is 1.85. The quantitative estimate of drug-likeness (QED) is 0.848. The van der Waals surface area contributed by atoms with Crippen molar-refractivity contribution in [3.8, 4) is 0 Å². The third-order valence-electron chi connectivity index (χ3n) is 4.89. The normalized spacial score (nSPS) is 18.9. The Kier molecular flexibility index (Phi) is 6.42. The Morgan fingerprint density at radius 1 is 1.12 bits per heavy atom. The molecule has 1 unspecified atom stereocenters. The number of sulfonamides is 1. The molecule has 0 spiro atoms. The molecule has 136 valence electrons. The van der Waals surface area contributed by atoms with Gasteiger partial charge in [-0.05, 0) is 44.0 Å². The maximum Gasteiger partial charge on any atom is 0.240 e. The number of rotatable bonds is 6. The molecule has 1 aliphatic heterocycles. The summed E-state index contributed by atoms with van der Waals surface area (Å²) in [6.45, 7) is 12.6. The van der Waals surface area contributed by atoms with Crippen LogP contribution in [0.25, 0.3) is 0 Å². The lowest BCUT2D eigenvalue weighted by Gasteiger charge is -2.39. The molecule has 0 radical (unpaired) electrons. The van der Waals surface area contributed by atoms with E-state index < -0.39 is 10.0 Å². The van der Waals surface area contributed by atoms with Gasteiger partial charge in [-0.25, -0.2) is 13.1 Å². The standard InChI is InChI=1S/C18H31N3O2S/c1-14(2)17(21-10-8-20(5)9-11-21)13-19-24(22,23)18-12-15(3)6-7-16(18)4/h6-7,12,14,17,19H,8-11,13H2,1-5H3. The van der Waals surface area contributed by atoms with Crippen LogP contribution in [0.4, 0.5) is 0 Å². The van der Waals surface area contributed by atoms with Gasteiger partial charge in [0.25, 0.3) is 0 Å². The molecule has 1 atom stereocenters. The van der Waals surface area contributed by atoms with Crippen LogP contribution in [0.3, 0.4) is 0 Å². The average Bonchev–Trinajstić information content (AvgIpc) is 2.51. The molecule has 0 aromatic heterocycles. The van der Waals surface area contributed by atoms with Crippen molar-refractivity contribution in [1.29, 1.82) is 0 Å². The SMILES string of the molecule is Cc1ccc(C)c(S(=O)(=O)NCC(C(C)C)N2CCN(C)CC2)c1. The zero-order chi connectivity index (χ0) is 17.9. The Labute approximate surface area is 147 Å². The Hall–Kier alpha value is -0.950. The molecule has 1 saturated heterocycles. The van der Waals surface area contributed by atoms with Crippen molar-refractivity contribution in [2.75, 3.05) is 39.8 Å². The number of hydrogen-bond donors (Lipinski definition) is 1. The van der Waals surface area contributed by atoms with E-state index in [9.17, 15) is 8.42 Å². The van der Waals surface area contributed by atoms with Crippen molar-refractivity contribution in [2.45, 2.75) is 38.6 Å². The maximum absolute atomic E-state index is 12.7. The van der Waals surface area contributed by atoms with Crippen LogP contribution in [-0.2, 0) is 10.0 Å². The summed E-state index contributed by atoms with van der Waals surface area (Å²) < 4.78 is 28.3. The molecular formula is C18H31N3O2S. The minimum atomic E-state index is -3.48. The summed E-state index contributed by atoms with van der Waals surface area (Å²) in [5, 5.41) is 0. The number of aryl methyl sites for hydroxylation is 2. The van der Waals surface area contributed by atoms with Crippen LogP contribution in [0, 0.1) is 19.8 Å². The van der Waals surface area contributed by atoms with Gasteiger partial charge in [-0.2, -0.15) is 0 Å².